The first kappa shape index (κ1) is 16.3. The van der Waals surface area contributed by atoms with Gasteiger partial charge in [-0.1, -0.05) is 0 Å². The van der Waals surface area contributed by atoms with Gasteiger partial charge in [-0.25, -0.2) is 0 Å². The Morgan fingerprint density at radius 1 is 1.57 bits per heavy atom. The molecule has 1 aromatic rings. The first-order valence-corrected chi connectivity index (χ1v) is 7.95. The van der Waals surface area contributed by atoms with E-state index in [9.17, 15) is 4.79 Å². The maximum Gasteiger partial charge on any atom is 0.238 e. The van der Waals surface area contributed by atoms with Crippen molar-refractivity contribution >= 4 is 33.2 Å². The molecule has 1 saturated heterocycles. The lowest BCUT2D eigenvalue weighted by atomic mass is 10.1. The zero-order chi connectivity index (χ0) is 15.4. The average molecular weight is 355 g/mol. The van der Waals surface area contributed by atoms with Gasteiger partial charge in [0.05, 0.1) is 12.2 Å². The first-order valence-electron chi connectivity index (χ1n) is 7.16. The van der Waals surface area contributed by atoms with Gasteiger partial charge in [0, 0.05) is 23.2 Å². The van der Waals surface area contributed by atoms with Crippen molar-refractivity contribution in [3.8, 4) is 0 Å². The number of anilines is 2. The molecule has 1 aliphatic heterocycles. The Morgan fingerprint density at radius 2 is 2.33 bits per heavy atom. The Bertz CT molecular complexity index is 508. The van der Waals surface area contributed by atoms with Crippen molar-refractivity contribution in [2.75, 3.05) is 51.3 Å². The third-order valence-electron chi connectivity index (χ3n) is 3.74. The van der Waals surface area contributed by atoms with Gasteiger partial charge in [-0.15, -0.1) is 0 Å². The van der Waals surface area contributed by atoms with Crippen molar-refractivity contribution in [2.45, 2.75) is 6.42 Å². The number of rotatable bonds is 5. The van der Waals surface area contributed by atoms with Crippen LogP contribution in [0.25, 0.3) is 0 Å². The molecule has 1 aromatic carbocycles. The lowest BCUT2D eigenvalue weighted by molar-refractivity contribution is -0.117. The van der Waals surface area contributed by atoms with Crippen LogP contribution >= 0.6 is 15.9 Å². The molecular formula is C15H23BrN4O. The van der Waals surface area contributed by atoms with E-state index in [0.29, 0.717) is 18.2 Å². The maximum atomic E-state index is 12.1. The highest BCUT2D eigenvalue weighted by atomic mass is 79.9. The van der Waals surface area contributed by atoms with Crippen LogP contribution in [0.3, 0.4) is 0 Å². The topological polar surface area (TPSA) is 61.6 Å². The molecule has 6 heteroatoms. The van der Waals surface area contributed by atoms with E-state index in [1.807, 2.05) is 13.1 Å². The molecule has 0 aliphatic carbocycles. The Morgan fingerprint density at radius 3 is 2.95 bits per heavy atom. The Balaban J connectivity index is 1.81. The number of amides is 1. The number of hydrogen-bond acceptors (Lipinski definition) is 4. The standard InChI is InChI=1S/C15H23BrN4O/c1-19-6-5-11(8-19)9-20(2)10-15(21)18-14-4-3-12(17)7-13(14)16/h3-4,7,11H,5-6,8-10,17H2,1-2H3,(H,18,21). The molecule has 1 heterocycles. The summed E-state index contributed by atoms with van der Waals surface area (Å²) in [4.78, 5) is 16.5. The molecule has 3 N–H and O–H groups in total. The summed E-state index contributed by atoms with van der Waals surface area (Å²) in [7, 11) is 4.14. The van der Waals surface area contributed by atoms with E-state index in [1.54, 1.807) is 12.1 Å². The molecule has 0 bridgehead atoms. The first-order chi connectivity index (χ1) is 9.94. The minimum atomic E-state index is -0.00526. The molecule has 0 saturated carbocycles. The summed E-state index contributed by atoms with van der Waals surface area (Å²) in [5.41, 5.74) is 7.11. The third kappa shape index (κ3) is 4.98. The monoisotopic (exact) mass is 354 g/mol. The van der Waals surface area contributed by atoms with Crippen LogP contribution in [0.1, 0.15) is 6.42 Å². The Hall–Kier alpha value is -1.11. The Labute approximate surface area is 134 Å². The van der Waals surface area contributed by atoms with Crippen molar-refractivity contribution in [3.63, 3.8) is 0 Å². The number of nitrogens with two attached hydrogens (primary N) is 1. The summed E-state index contributed by atoms with van der Waals surface area (Å²) in [6.07, 6.45) is 1.21. The number of nitrogen functional groups attached to an aromatic ring is 1. The van der Waals surface area contributed by atoms with E-state index in [0.717, 1.165) is 29.8 Å². The van der Waals surface area contributed by atoms with Crippen molar-refractivity contribution in [2.24, 2.45) is 5.92 Å². The molecule has 1 aliphatic rings. The number of carbonyl (C=O) groups is 1. The molecule has 1 unspecified atom stereocenters. The third-order valence-corrected chi connectivity index (χ3v) is 4.40. The van der Waals surface area contributed by atoms with E-state index >= 15 is 0 Å². The minimum absolute atomic E-state index is 0.00526. The van der Waals surface area contributed by atoms with Crippen LogP contribution in [-0.2, 0) is 4.79 Å². The number of nitrogens with one attached hydrogen (secondary N) is 1. The smallest absolute Gasteiger partial charge is 0.238 e. The van der Waals surface area contributed by atoms with Gasteiger partial charge >= 0.3 is 0 Å². The van der Waals surface area contributed by atoms with Gasteiger partial charge in [0.25, 0.3) is 0 Å². The van der Waals surface area contributed by atoms with Gasteiger partial charge < -0.3 is 16.0 Å². The van der Waals surface area contributed by atoms with E-state index in [4.69, 9.17) is 5.73 Å². The lowest BCUT2D eigenvalue weighted by Gasteiger charge is -2.20. The SMILES string of the molecule is CN1CCC(CN(C)CC(=O)Nc2ccc(N)cc2Br)C1. The fourth-order valence-electron chi connectivity index (χ4n) is 2.75. The van der Waals surface area contributed by atoms with Crippen LogP contribution in [0.15, 0.2) is 22.7 Å². The molecule has 0 radical (unpaired) electrons. The van der Waals surface area contributed by atoms with E-state index < -0.39 is 0 Å². The number of halogens is 1. The summed E-state index contributed by atoms with van der Waals surface area (Å²) in [6.45, 7) is 3.64. The number of benzene rings is 1. The van der Waals surface area contributed by atoms with Gasteiger partial charge in [-0.2, -0.15) is 0 Å². The highest BCUT2D eigenvalue weighted by molar-refractivity contribution is 9.10. The van der Waals surface area contributed by atoms with Gasteiger partial charge in [-0.05, 0) is 67.1 Å². The molecule has 116 valence electrons. The van der Waals surface area contributed by atoms with Crippen LogP contribution < -0.4 is 11.1 Å². The summed E-state index contributed by atoms with van der Waals surface area (Å²) < 4.78 is 0.802. The van der Waals surface area contributed by atoms with E-state index in [2.05, 4.69) is 38.1 Å². The molecule has 1 fully saturated rings. The fraction of sp³-hybridized carbons (Fsp3) is 0.533. The number of hydrogen-bond donors (Lipinski definition) is 2. The molecule has 1 amide bonds. The predicted octanol–water partition coefficient (Wildman–Crippen LogP) is 1.85. The second kappa shape index (κ2) is 7.24. The quantitative estimate of drug-likeness (QED) is 0.792. The van der Waals surface area contributed by atoms with Gasteiger partial charge in [0.15, 0.2) is 0 Å². The highest BCUT2D eigenvalue weighted by Gasteiger charge is 2.21. The van der Waals surface area contributed by atoms with Crippen LogP contribution in [0, 0.1) is 5.92 Å². The lowest BCUT2D eigenvalue weighted by Crippen LogP contribution is -2.34. The molecule has 21 heavy (non-hydrogen) atoms. The zero-order valence-corrected chi connectivity index (χ0v) is 14.2. The van der Waals surface area contributed by atoms with Gasteiger partial charge in [0.1, 0.15) is 0 Å². The number of likely N-dealkylation sites (tertiary alicyclic amines) is 1. The molecule has 2 rings (SSSR count). The predicted molar refractivity (Wildman–Crippen MR) is 90.3 cm³/mol. The van der Waals surface area contributed by atoms with Crippen LogP contribution in [-0.4, -0.2) is 56.0 Å². The zero-order valence-electron chi connectivity index (χ0n) is 12.6. The fourth-order valence-corrected chi connectivity index (χ4v) is 3.24. The molecule has 1 atom stereocenters. The molecule has 0 aromatic heterocycles. The summed E-state index contributed by atoms with van der Waals surface area (Å²) >= 11 is 3.41. The summed E-state index contributed by atoms with van der Waals surface area (Å²) in [6, 6.07) is 5.37. The largest absolute Gasteiger partial charge is 0.399 e. The van der Waals surface area contributed by atoms with Crippen LogP contribution in [0.5, 0.6) is 0 Å². The number of likely N-dealkylation sites (N-methyl/N-ethyl adjacent to an activating group) is 1. The van der Waals surface area contributed by atoms with E-state index in [-0.39, 0.29) is 5.91 Å². The highest BCUT2D eigenvalue weighted by Crippen LogP contribution is 2.24. The Kier molecular flexibility index (Phi) is 5.61. The summed E-state index contributed by atoms with van der Waals surface area (Å²) in [5, 5.41) is 2.91. The molecule has 0 spiro atoms. The van der Waals surface area contributed by atoms with Crippen LogP contribution in [0.4, 0.5) is 11.4 Å². The number of nitrogens with zero attached hydrogens (tertiary/aromatic N) is 2. The van der Waals surface area contributed by atoms with Gasteiger partial charge in [0.2, 0.25) is 5.91 Å². The number of carbonyl (C=O) groups excluding carboxylic acids is 1. The van der Waals surface area contributed by atoms with Crippen molar-refractivity contribution in [1.29, 1.82) is 0 Å². The minimum Gasteiger partial charge on any atom is -0.399 e. The summed E-state index contributed by atoms with van der Waals surface area (Å²) in [5.74, 6) is 0.658. The second-order valence-electron chi connectivity index (χ2n) is 5.90. The van der Waals surface area contributed by atoms with Crippen molar-refractivity contribution in [3.05, 3.63) is 22.7 Å². The molecular weight excluding hydrogens is 332 g/mol. The normalized spacial score (nSPS) is 19.1. The average Bonchev–Trinajstić information content (AvgIpc) is 2.78. The van der Waals surface area contributed by atoms with Crippen molar-refractivity contribution in [1.82, 2.24) is 9.80 Å². The maximum absolute atomic E-state index is 12.1. The van der Waals surface area contributed by atoms with E-state index in [1.165, 1.54) is 6.42 Å². The van der Waals surface area contributed by atoms with Crippen molar-refractivity contribution < 1.29 is 4.79 Å². The van der Waals surface area contributed by atoms with Gasteiger partial charge in [-0.3, -0.25) is 9.69 Å². The van der Waals surface area contributed by atoms with Crippen LogP contribution in [0.2, 0.25) is 0 Å². The second-order valence-corrected chi connectivity index (χ2v) is 6.76. The molecule has 5 nitrogen and oxygen atoms in total.